The van der Waals surface area contributed by atoms with E-state index in [1.54, 1.807) is 18.2 Å². The van der Waals surface area contributed by atoms with Crippen LogP contribution in [0, 0.1) is 5.92 Å². The summed E-state index contributed by atoms with van der Waals surface area (Å²) in [4.78, 5) is 29.2. The SMILES string of the molecule is CC(C)CNC(=O)C(Cc1ccccc1)N(Cc1c(Cl)cccc1Cl)C(=O)CN(c1cc(Cl)c(Cl)cc1Cl)S(C)(=O)=O. The fraction of sp³-hybridized carbons (Fsp3) is 0.310. The van der Waals surface area contributed by atoms with Crippen molar-refractivity contribution in [1.29, 1.82) is 0 Å². The molecule has 0 aromatic heterocycles. The van der Waals surface area contributed by atoms with Gasteiger partial charge in [0.15, 0.2) is 0 Å². The monoisotopic (exact) mass is 691 g/mol. The van der Waals surface area contributed by atoms with Crippen LogP contribution in [0.15, 0.2) is 60.7 Å². The molecule has 0 fully saturated rings. The van der Waals surface area contributed by atoms with Crippen molar-refractivity contribution in [2.45, 2.75) is 32.9 Å². The zero-order chi connectivity index (χ0) is 31.2. The highest BCUT2D eigenvalue weighted by atomic mass is 35.5. The van der Waals surface area contributed by atoms with Crippen LogP contribution in [-0.2, 0) is 32.6 Å². The summed E-state index contributed by atoms with van der Waals surface area (Å²) in [6, 6.07) is 15.6. The van der Waals surface area contributed by atoms with E-state index < -0.39 is 34.4 Å². The number of anilines is 1. The predicted octanol–water partition coefficient (Wildman–Crippen LogP) is 7.13. The molecule has 7 nitrogen and oxygen atoms in total. The Morgan fingerprint density at radius 2 is 1.43 bits per heavy atom. The fourth-order valence-corrected chi connectivity index (χ4v) is 6.19. The Balaban J connectivity index is 2.13. The summed E-state index contributed by atoms with van der Waals surface area (Å²) in [5.74, 6) is -0.965. The summed E-state index contributed by atoms with van der Waals surface area (Å²) >= 11 is 31.5. The van der Waals surface area contributed by atoms with E-state index in [0.29, 0.717) is 12.1 Å². The van der Waals surface area contributed by atoms with E-state index in [0.717, 1.165) is 16.1 Å². The minimum Gasteiger partial charge on any atom is -0.354 e. The molecule has 1 unspecified atom stereocenters. The van der Waals surface area contributed by atoms with Gasteiger partial charge in [-0.3, -0.25) is 13.9 Å². The van der Waals surface area contributed by atoms with Gasteiger partial charge in [0, 0.05) is 35.1 Å². The lowest BCUT2D eigenvalue weighted by Gasteiger charge is -2.34. The molecule has 1 N–H and O–H groups in total. The molecule has 0 spiro atoms. The second kappa shape index (κ2) is 15.0. The van der Waals surface area contributed by atoms with Gasteiger partial charge in [-0.1, -0.05) is 108 Å². The van der Waals surface area contributed by atoms with Crippen LogP contribution >= 0.6 is 58.0 Å². The predicted molar refractivity (Wildman–Crippen MR) is 172 cm³/mol. The maximum Gasteiger partial charge on any atom is 0.244 e. The summed E-state index contributed by atoms with van der Waals surface area (Å²) in [5, 5.41) is 3.61. The van der Waals surface area contributed by atoms with Crippen molar-refractivity contribution in [2.75, 3.05) is 23.7 Å². The van der Waals surface area contributed by atoms with Crippen LogP contribution < -0.4 is 9.62 Å². The van der Waals surface area contributed by atoms with Gasteiger partial charge in [-0.15, -0.1) is 0 Å². The van der Waals surface area contributed by atoms with Crippen LogP contribution in [0.5, 0.6) is 0 Å². The lowest BCUT2D eigenvalue weighted by Crippen LogP contribution is -2.53. The number of halogens is 5. The number of sulfonamides is 1. The summed E-state index contributed by atoms with van der Waals surface area (Å²) in [6.07, 6.45) is 1.08. The maximum atomic E-state index is 14.2. The van der Waals surface area contributed by atoms with Crippen molar-refractivity contribution in [2.24, 2.45) is 5.92 Å². The molecule has 0 saturated carbocycles. The molecule has 13 heteroatoms. The number of nitrogens with one attached hydrogen (secondary N) is 1. The quantitative estimate of drug-likeness (QED) is 0.205. The summed E-state index contributed by atoms with van der Waals surface area (Å²) in [7, 11) is -4.07. The van der Waals surface area contributed by atoms with Gasteiger partial charge in [0.1, 0.15) is 12.6 Å². The minimum atomic E-state index is -4.07. The highest BCUT2D eigenvalue weighted by Gasteiger charge is 2.34. The molecule has 3 aromatic carbocycles. The average molecular weight is 694 g/mol. The molecular weight excluding hydrogens is 664 g/mol. The third kappa shape index (κ3) is 9.15. The number of hydrogen-bond donors (Lipinski definition) is 1. The first-order chi connectivity index (χ1) is 19.7. The number of carbonyl (C=O) groups is 2. The molecule has 3 rings (SSSR count). The molecule has 0 bridgehead atoms. The van der Waals surface area contributed by atoms with E-state index in [9.17, 15) is 18.0 Å². The summed E-state index contributed by atoms with van der Waals surface area (Å²) in [5.41, 5.74) is 1.15. The Morgan fingerprint density at radius 1 is 0.833 bits per heavy atom. The largest absolute Gasteiger partial charge is 0.354 e. The maximum absolute atomic E-state index is 14.2. The van der Waals surface area contributed by atoms with Crippen molar-refractivity contribution in [3.63, 3.8) is 0 Å². The molecule has 0 aliphatic carbocycles. The highest BCUT2D eigenvalue weighted by molar-refractivity contribution is 7.92. The molecule has 0 heterocycles. The third-order valence-electron chi connectivity index (χ3n) is 6.28. The number of rotatable bonds is 12. The van der Waals surface area contributed by atoms with Crippen LogP contribution in [0.2, 0.25) is 25.1 Å². The van der Waals surface area contributed by atoms with Crippen LogP contribution in [-0.4, -0.2) is 50.5 Å². The van der Waals surface area contributed by atoms with Crippen molar-refractivity contribution in [3.8, 4) is 0 Å². The minimum absolute atomic E-state index is 0.0289. The molecule has 0 aliphatic rings. The second-order valence-electron chi connectivity index (χ2n) is 10.1. The lowest BCUT2D eigenvalue weighted by molar-refractivity contribution is -0.140. The van der Waals surface area contributed by atoms with E-state index >= 15 is 0 Å². The van der Waals surface area contributed by atoms with E-state index in [1.807, 2.05) is 44.2 Å². The smallest absolute Gasteiger partial charge is 0.244 e. The molecule has 1 atom stereocenters. The second-order valence-corrected chi connectivity index (χ2v) is 14.0. The lowest BCUT2D eigenvalue weighted by atomic mass is 10.0. The van der Waals surface area contributed by atoms with Crippen LogP contribution in [0.25, 0.3) is 0 Å². The van der Waals surface area contributed by atoms with Gasteiger partial charge in [0.2, 0.25) is 21.8 Å². The molecule has 42 heavy (non-hydrogen) atoms. The molecular formula is C29H30Cl5N3O4S. The number of amides is 2. The van der Waals surface area contributed by atoms with Gasteiger partial charge >= 0.3 is 0 Å². The number of nitrogens with zero attached hydrogens (tertiary/aromatic N) is 2. The van der Waals surface area contributed by atoms with Crippen LogP contribution in [0.4, 0.5) is 5.69 Å². The standard InChI is InChI=1S/C29H30Cl5N3O4S/c1-18(2)15-35-29(39)27(12-19-8-5-4-6-9-19)36(16-20-21(30)10-7-11-22(20)31)28(38)17-37(42(3,40)41)26-14-24(33)23(32)13-25(26)34/h4-11,13-14,18,27H,12,15-17H2,1-3H3,(H,35,39). The Labute approximate surface area is 271 Å². The van der Waals surface area contributed by atoms with Gasteiger partial charge in [0.25, 0.3) is 0 Å². The Hall–Kier alpha value is -2.20. The first kappa shape index (κ1) is 34.3. The van der Waals surface area contributed by atoms with E-state index in [1.165, 1.54) is 17.0 Å². The number of carbonyl (C=O) groups excluding carboxylic acids is 2. The number of hydrogen-bond acceptors (Lipinski definition) is 4. The van der Waals surface area contributed by atoms with Crippen molar-refractivity contribution in [1.82, 2.24) is 10.2 Å². The molecule has 0 aliphatic heterocycles. The summed E-state index contributed by atoms with van der Waals surface area (Å²) in [6.45, 7) is 3.40. The Kier molecular flexibility index (Phi) is 12.2. The number of benzene rings is 3. The normalized spacial score (nSPS) is 12.2. The van der Waals surface area contributed by atoms with Gasteiger partial charge in [0.05, 0.1) is 27.0 Å². The van der Waals surface area contributed by atoms with Gasteiger partial charge < -0.3 is 10.2 Å². The Bertz CT molecular complexity index is 1520. The van der Waals surface area contributed by atoms with Crippen molar-refractivity contribution in [3.05, 3.63) is 96.9 Å². The van der Waals surface area contributed by atoms with E-state index in [-0.39, 0.29) is 49.7 Å². The van der Waals surface area contributed by atoms with Crippen molar-refractivity contribution >= 4 is 85.5 Å². The zero-order valence-electron chi connectivity index (χ0n) is 23.1. The molecule has 3 aromatic rings. The molecule has 0 radical (unpaired) electrons. The van der Waals surface area contributed by atoms with Crippen molar-refractivity contribution < 1.29 is 18.0 Å². The summed E-state index contributed by atoms with van der Waals surface area (Å²) < 4.78 is 26.8. The Morgan fingerprint density at radius 3 is 2.00 bits per heavy atom. The first-order valence-electron chi connectivity index (χ1n) is 12.8. The highest BCUT2D eigenvalue weighted by Crippen LogP contribution is 2.36. The average Bonchev–Trinajstić information content (AvgIpc) is 2.91. The molecule has 226 valence electrons. The molecule has 2 amide bonds. The topological polar surface area (TPSA) is 86.8 Å². The first-order valence-corrected chi connectivity index (χ1v) is 16.6. The van der Waals surface area contributed by atoms with Gasteiger partial charge in [-0.05, 0) is 35.7 Å². The third-order valence-corrected chi connectivity index (χ3v) is 9.14. The van der Waals surface area contributed by atoms with E-state index in [4.69, 9.17) is 58.0 Å². The van der Waals surface area contributed by atoms with Gasteiger partial charge in [-0.25, -0.2) is 8.42 Å². The van der Waals surface area contributed by atoms with Crippen LogP contribution in [0.1, 0.15) is 25.0 Å². The van der Waals surface area contributed by atoms with Gasteiger partial charge in [-0.2, -0.15) is 0 Å². The van der Waals surface area contributed by atoms with Crippen LogP contribution in [0.3, 0.4) is 0 Å². The van der Waals surface area contributed by atoms with E-state index in [2.05, 4.69) is 5.32 Å². The fourth-order valence-electron chi connectivity index (χ4n) is 4.13. The zero-order valence-corrected chi connectivity index (χ0v) is 27.7. The molecule has 0 saturated heterocycles.